The van der Waals surface area contributed by atoms with Gasteiger partial charge in [-0.25, -0.2) is 4.98 Å². The molecule has 0 atom stereocenters. The van der Waals surface area contributed by atoms with Crippen molar-refractivity contribution in [2.75, 3.05) is 7.11 Å². The number of fused-ring (bicyclic) bond motifs is 2. The molecule has 0 radical (unpaired) electrons. The Kier molecular flexibility index (Phi) is 2.60. The molecule has 102 valence electrons. The van der Waals surface area contributed by atoms with E-state index in [2.05, 4.69) is 39.2 Å². The van der Waals surface area contributed by atoms with Crippen LogP contribution in [0.25, 0.3) is 33.3 Å². The monoisotopic (exact) mass is 275 g/mol. The fourth-order valence-electron chi connectivity index (χ4n) is 2.55. The minimum Gasteiger partial charge on any atom is -0.481 e. The van der Waals surface area contributed by atoms with Gasteiger partial charge in [0, 0.05) is 11.6 Å². The second-order valence-electron chi connectivity index (χ2n) is 4.84. The van der Waals surface area contributed by atoms with Gasteiger partial charge in [-0.1, -0.05) is 42.5 Å². The van der Waals surface area contributed by atoms with Crippen LogP contribution in [0.2, 0.25) is 0 Å². The Hall–Kier alpha value is -2.88. The van der Waals surface area contributed by atoms with E-state index in [9.17, 15) is 0 Å². The summed E-state index contributed by atoms with van der Waals surface area (Å²) in [6.07, 6.45) is 0. The maximum atomic E-state index is 5.14. The van der Waals surface area contributed by atoms with Gasteiger partial charge in [0.25, 0.3) is 0 Å². The van der Waals surface area contributed by atoms with Gasteiger partial charge in [-0.05, 0) is 16.8 Å². The molecule has 0 aliphatic rings. The largest absolute Gasteiger partial charge is 0.481 e. The van der Waals surface area contributed by atoms with Crippen LogP contribution in [0, 0.1) is 0 Å². The molecule has 2 aromatic carbocycles. The van der Waals surface area contributed by atoms with Crippen LogP contribution in [0.3, 0.4) is 0 Å². The molecular weight excluding hydrogens is 262 g/mol. The lowest BCUT2D eigenvalue weighted by atomic mass is 10.0. The molecule has 4 aromatic rings. The van der Waals surface area contributed by atoms with E-state index in [1.165, 1.54) is 10.8 Å². The molecule has 0 aliphatic heterocycles. The molecule has 0 spiro atoms. The van der Waals surface area contributed by atoms with Crippen LogP contribution in [0.4, 0.5) is 0 Å². The maximum absolute atomic E-state index is 5.14. The van der Waals surface area contributed by atoms with Crippen molar-refractivity contribution in [1.82, 2.24) is 15.0 Å². The van der Waals surface area contributed by atoms with Crippen LogP contribution in [-0.2, 0) is 0 Å². The fraction of sp³-hybridized carbons (Fsp3) is 0.0588. The summed E-state index contributed by atoms with van der Waals surface area (Å²) in [5.41, 5.74) is 2.64. The number of imidazole rings is 1. The molecule has 0 bridgehead atoms. The van der Waals surface area contributed by atoms with Crippen LogP contribution in [0.5, 0.6) is 5.88 Å². The molecule has 2 heterocycles. The number of aromatic nitrogens is 3. The molecule has 0 unspecified atom stereocenters. The van der Waals surface area contributed by atoms with Crippen LogP contribution in [-0.4, -0.2) is 22.1 Å². The van der Waals surface area contributed by atoms with Crippen molar-refractivity contribution in [3.63, 3.8) is 0 Å². The first-order valence-electron chi connectivity index (χ1n) is 6.74. The number of methoxy groups -OCH3 is 1. The average molecular weight is 275 g/mol. The summed E-state index contributed by atoms with van der Waals surface area (Å²) >= 11 is 0. The standard InChI is InChI=1S/C17H13N3O/c1-21-15-10-9-14-17(19-15)20-16(18-14)13-8-4-6-11-5-2-3-7-12(11)13/h2-10H,1H3,(H,18,19,20). The van der Waals surface area contributed by atoms with Gasteiger partial charge < -0.3 is 9.72 Å². The van der Waals surface area contributed by atoms with Crippen molar-refractivity contribution in [3.8, 4) is 17.3 Å². The molecule has 1 N–H and O–H groups in total. The molecule has 0 aliphatic carbocycles. The summed E-state index contributed by atoms with van der Waals surface area (Å²) in [5, 5.41) is 2.37. The SMILES string of the molecule is COc1ccc2[nH]c(-c3cccc4ccccc34)nc2n1. The number of benzene rings is 2. The predicted molar refractivity (Wildman–Crippen MR) is 83.4 cm³/mol. The molecule has 0 amide bonds. The second-order valence-corrected chi connectivity index (χ2v) is 4.84. The maximum Gasteiger partial charge on any atom is 0.215 e. The van der Waals surface area contributed by atoms with Crippen molar-refractivity contribution in [2.45, 2.75) is 0 Å². The smallest absolute Gasteiger partial charge is 0.215 e. The van der Waals surface area contributed by atoms with Gasteiger partial charge in [0.2, 0.25) is 5.88 Å². The molecule has 21 heavy (non-hydrogen) atoms. The van der Waals surface area contributed by atoms with Gasteiger partial charge in [-0.2, -0.15) is 4.98 Å². The van der Waals surface area contributed by atoms with Gasteiger partial charge in [-0.15, -0.1) is 0 Å². The van der Waals surface area contributed by atoms with Crippen LogP contribution in [0.1, 0.15) is 0 Å². The average Bonchev–Trinajstić information content (AvgIpc) is 2.97. The van der Waals surface area contributed by atoms with E-state index in [-0.39, 0.29) is 0 Å². The third-order valence-corrected chi connectivity index (χ3v) is 3.57. The highest BCUT2D eigenvalue weighted by Crippen LogP contribution is 2.28. The highest BCUT2D eigenvalue weighted by molar-refractivity contribution is 5.96. The Morgan fingerprint density at radius 3 is 2.67 bits per heavy atom. The number of rotatable bonds is 2. The molecule has 2 aromatic heterocycles. The first-order valence-corrected chi connectivity index (χ1v) is 6.74. The zero-order chi connectivity index (χ0) is 14.2. The summed E-state index contributed by atoms with van der Waals surface area (Å²) < 4.78 is 5.14. The fourth-order valence-corrected chi connectivity index (χ4v) is 2.55. The zero-order valence-corrected chi connectivity index (χ0v) is 11.5. The number of aromatic amines is 1. The molecule has 0 fully saturated rings. The first-order chi connectivity index (χ1) is 10.3. The van der Waals surface area contributed by atoms with E-state index in [1.54, 1.807) is 7.11 Å². The summed E-state index contributed by atoms with van der Waals surface area (Å²) in [4.78, 5) is 12.3. The molecule has 4 heteroatoms. The highest BCUT2D eigenvalue weighted by Gasteiger charge is 2.09. The summed E-state index contributed by atoms with van der Waals surface area (Å²) in [7, 11) is 1.60. The molecular formula is C17H13N3O. The third-order valence-electron chi connectivity index (χ3n) is 3.57. The summed E-state index contributed by atoms with van der Waals surface area (Å²) in [6.45, 7) is 0. The van der Waals surface area contributed by atoms with E-state index in [0.717, 1.165) is 16.9 Å². The Morgan fingerprint density at radius 1 is 0.905 bits per heavy atom. The van der Waals surface area contributed by atoms with Crippen LogP contribution < -0.4 is 4.74 Å². The number of nitrogens with one attached hydrogen (secondary N) is 1. The highest BCUT2D eigenvalue weighted by atomic mass is 16.5. The van der Waals surface area contributed by atoms with Crippen LogP contribution >= 0.6 is 0 Å². The van der Waals surface area contributed by atoms with E-state index in [4.69, 9.17) is 4.74 Å². The lowest BCUT2D eigenvalue weighted by molar-refractivity contribution is 0.399. The van der Waals surface area contributed by atoms with Crippen molar-refractivity contribution >= 4 is 21.9 Å². The minimum absolute atomic E-state index is 0.568. The molecule has 0 saturated heterocycles. The van der Waals surface area contributed by atoms with Crippen LogP contribution in [0.15, 0.2) is 54.6 Å². The van der Waals surface area contributed by atoms with E-state index >= 15 is 0 Å². The number of pyridine rings is 1. The molecule has 0 saturated carbocycles. The predicted octanol–water partition coefficient (Wildman–Crippen LogP) is 3.79. The van der Waals surface area contributed by atoms with E-state index in [1.807, 2.05) is 30.3 Å². The summed E-state index contributed by atoms with van der Waals surface area (Å²) in [6, 6.07) is 18.2. The van der Waals surface area contributed by atoms with E-state index in [0.29, 0.717) is 11.5 Å². The van der Waals surface area contributed by atoms with Crippen molar-refractivity contribution in [1.29, 1.82) is 0 Å². The van der Waals surface area contributed by atoms with Gasteiger partial charge in [0.1, 0.15) is 5.82 Å². The number of nitrogens with zero attached hydrogens (tertiary/aromatic N) is 2. The number of H-pyrrole nitrogens is 1. The third kappa shape index (κ3) is 1.92. The van der Waals surface area contributed by atoms with Crippen molar-refractivity contribution in [2.24, 2.45) is 0 Å². The van der Waals surface area contributed by atoms with E-state index < -0.39 is 0 Å². The Balaban J connectivity index is 1.96. The Bertz CT molecular complexity index is 938. The summed E-state index contributed by atoms with van der Waals surface area (Å²) in [5.74, 6) is 1.39. The van der Waals surface area contributed by atoms with Gasteiger partial charge in [0.05, 0.1) is 12.6 Å². The molecule has 4 rings (SSSR count). The first kappa shape index (κ1) is 11.9. The number of ether oxygens (including phenoxy) is 1. The lowest BCUT2D eigenvalue weighted by Gasteiger charge is -2.02. The normalized spacial score (nSPS) is 11.1. The Morgan fingerprint density at radius 2 is 1.76 bits per heavy atom. The van der Waals surface area contributed by atoms with Gasteiger partial charge in [0.15, 0.2) is 5.65 Å². The minimum atomic E-state index is 0.568. The second kappa shape index (κ2) is 4.59. The van der Waals surface area contributed by atoms with Crippen molar-refractivity contribution < 1.29 is 4.74 Å². The Labute approximate surface area is 121 Å². The number of hydrogen-bond donors (Lipinski definition) is 1. The van der Waals surface area contributed by atoms with Crippen molar-refractivity contribution in [3.05, 3.63) is 54.6 Å². The topological polar surface area (TPSA) is 50.8 Å². The number of hydrogen-bond acceptors (Lipinski definition) is 3. The molecule has 4 nitrogen and oxygen atoms in total. The zero-order valence-electron chi connectivity index (χ0n) is 11.5. The van der Waals surface area contributed by atoms with Gasteiger partial charge in [-0.3, -0.25) is 0 Å². The van der Waals surface area contributed by atoms with Gasteiger partial charge >= 0.3 is 0 Å². The quantitative estimate of drug-likeness (QED) is 0.605. The lowest BCUT2D eigenvalue weighted by Crippen LogP contribution is -1.86.